The summed E-state index contributed by atoms with van der Waals surface area (Å²) >= 11 is 0. The summed E-state index contributed by atoms with van der Waals surface area (Å²) < 4.78 is 0. The van der Waals surface area contributed by atoms with Gasteiger partial charge in [0.2, 0.25) is 5.91 Å². The Morgan fingerprint density at radius 2 is 2.11 bits per heavy atom. The second kappa shape index (κ2) is 5.20. The van der Waals surface area contributed by atoms with E-state index in [9.17, 15) is 4.79 Å². The Bertz CT molecular complexity index is 479. The lowest BCUT2D eigenvalue weighted by molar-refractivity contribution is -0.144. The van der Waals surface area contributed by atoms with Crippen LogP contribution in [0.5, 0.6) is 0 Å². The fraction of sp³-hybridized carbons (Fsp3) is 0.471. The molecule has 19 heavy (non-hydrogen) atoms. The summed E-state index contributed by atoms with van der Waals surface area (Å²) in [6, 6.07) is 10.7. The Morgan fingerprint density at radius 1 is 1.32 bits per heavy atom. The van der Waals surface area contributed by atoms with Crippen LogP contribution in [0, 0.1) is 11.8 Å². The fourth-order valence-electron chi connectivity index (χ4n) is 3.32. The molecule has 1 aliphatic heterocycles. The van der Waals surface area contributed by atoms with Crippen LogP contribution < -0.4 is 0 Å². The number of likely N-dealkylation sites (tertiary alicyclic amines) is 1. The van der Waals surface area contributed by atoms with Gasteiger partial charge >= 0.3 is 0 Å². The van der Waals surface area contributed by atoms with Crippen molar-refractivity contribution in [2.75, 3.05) is 6.54 Å². The molecule has 3 rings (SSSR count). The minimum Gasteiger partial charge on any atom is -0.335 e. The molecule has 1 saturated heterocycles. The van der Waals surface area contributed by atoms with E-state index in [1.807, 2.05) is 6.07 Å². The average Bonchev–Trinajstić information content (AvgIpc) is 2.89. The number of carbonyl (C=O) groups excluding carboxylic acids is 1. The first kappa shape index (κ1) is 12.5. The van der Waals surface area contributed by atoms with Gasteiger partial charge in [-0.25, -0.2) is 0 Å². The third-order valence-corrected chi connectivity index (χ3v) is 4.37. The SMILES string of the molecule is C[C@@H]1CN(C(=O)C[C@H]2C=CCC2)[C@@H]1c1ccccc1. The second-order valence-electron chi connectivity index (χ2n) is 5.85. The monoisotopic (exact) mass is 255 g/mol. The van der Waals surface area contributed by atoms with E-state index >= 15 is 0 Å². The number of rotatable bonds is 3. The van der Waals surface area contributed by atoms with Gasteiger partial charge in [-0.05, 0) is 30.2 Å². The predicted molar refractivity (Wildman–Crippen MR) is 76.5 cm³/mol. The van der Waals surface area contributed by atoms with Crippen LogP contribution in [0.2, 0.25) is 0 Å². The zero-order chi connectivity index (χ0) is 13.2. The van der Waals surface area contributed by atoms with Crippen molar-refractivity contribution >= 4 is 5.91 Å². The van der Waals surface area contributed by atoms with E-state index in [0.29, 0.717) is 30.2 Å². The van der Waals surface area contributed by atoms with Crippen molar-refractivity contribution in [2.24, 2.45) is 11.8 Å². The molecule has 1 aliphatic carbocycles. The maximum absolute atomic E-state index is 12.4. The smallest absolute Gasteiger partial charge is 0.223 e. The number of nitrogens with zero attached hydrogens (tertiary/aromatic N) is 1. The number of benzene rings is 1. The van der Waals surface area contributed by atoms with Gasteiger partial charge in [-0.2, -0.15) is 0 Å². The molecule has 3 atom stereocenters. The van der Waals surface area contributed by atoms with Gasteiger partial charge in [0, 0.05) is 13.0 Å². The number of amides is 1. The zero-order valence-corrected chi connectivity index (χ0v) is 11.5. The molecular weight excluding hydrogens is 234 g/mol. The second-order valence-corrected chi connectivity index (χ2v) is 5.85. The normalized spacial score (nSPS) is 29.3. The third-order valence-electron chi connectivity index (χ3n) is 4.37. The largest absolute Gasteiger partial charge is 0.335 e. The van der Waals surface area contributed by atoms with Crippen molar-refractivity contribution in [3.8, 4) is 0 Å². The molecule has 0 aromatic heterocycles. The average molecular weight is 255 g/mol. The highest BCUT2D eigenvalue weighted by molar-refractivity contribution is 5.78. The lowest BCUT2D eigenvalue weighted by Gasteiger charge is -2.47. The Morgan fingerprint density at radius 3 is 2.74 bits per heavy atom. The Balaban J connectivity index is 1.67. The van der Waals surface area contributed by atoms with Crippen molar-refractivity contribution in [3.05, 3.63) is 48.0 Å². The lowest BCUT2D eigenvalue weighted by atomic mass is 9.84. The predicted octanol–water partition coefficient (Wildman–Crippen LogP) is 3.56. The molecule has 1 amide bonds. The van der Waals surface area contributed by atoms with Crippen molar-refractivity contribution in [1.29, 1.82) is 0 Å². The van der Waals surface area contributed by atoms with Crippen molar-refractivity contribution in [2.45, 2.75) is 32.2 Å². The molecular formula is C17H21NO. The molecule has 0 bridgehead atoms. The molecule has 1 fully saturated rings. The summed E-state index contributed by atoms with van der Waals surface area (Å²) in [6.45, 7) is 3.14. The van der Waals surface area contributed by atoms with Crippen LogP contribution >= 0.6 is 0 Å². The molecule has 0 N–H and O–H groups in total. The standard InChI is InChI=1S/C17H21NO/c1-13-12-18(16(19)11-14-7-5-6-8-14)17(13)15-9-3-2-4-10-15/h2-5,7,9-10,13-14,17H,6,8,11-12H2,1H3/t13-,14+,17+/m1/s1. The van der Waals surface area contributed by atoms with E-state index in [1.165, 1.54) is 5.56 Å². The Labute approximate surface area is 115 Å². The summed E-state index contributed by atoms with van der Waals surface area (Å²) in [5, 5.41) is 0. The van der Waals surface area contributed by atoms with Gasteiger partial charge in [0.15, 0.2) is 0 Å². The van der Waals surface area contributed by atoms with E-state index < -0.39 is 0 Å². The minimum absolute atomic E-state index is 0.291. The molecule has 2 nitrogen and oxygen atoms in total. The first-order valence-electron chi connectivity index (χ1n) is 7.27. The number of carbonyl (C=O) groups is 1. The van der Waals surface area contributed by atoms with Crippen molar-refractivity contribution in [3.63, 3.8) is 0 Å². The van der Waals surface area contributed by atoms with Crippen LogP contribution in [0.3, 0.4) is 0 Å². The van der Waals surface area contributed by atoms with Gasteiger partial charge in [0.05, 0.1) is 6.04 Å². The quantitative estimate of drug-likeness (QED) is 0.756. The van der Waals surface area contributed by atoms with E-state index in [2.05, 4.69) is 48.2 Å². The van der Waals surface area contributed by atoms with Crippen LogP contribution in [0.1, 0.15) is 37.8 Å². The van der Waals surface area contributed by atoms with Gasteiger partial charge in [-0.15, -0.1) is 0 Å². The maximum atomic E-state index is 12.4. The molecule has 0 spiro atoms. The highest BCUT2D eigenvalue weighted by Gasteiger charge is 2.39. The summed E-state index contributed by atoms with van der Waals surface area (Å²) in [7, 11) is 0. The van der Waals surface area contributed by atoms with Gasteiger partial charge in [0.1, 0.15) is 0 Å². The summed E-state index contributed by atoms with van der Waals surface area (Å²) in [6.07, 6.45) is 7.37. The van der Waals surface area contributed by atoms with Crippen LogP contribution in [0.25, 0.3) is 0 Å². The van der Waals surface area contributed by atoms with Crippen LogP contribution in [0.15, 0.2) is 42.5 Å². The third kappa shape index (κ3) is 2.44. The first-order chi connectivity index (χ1) is 9.25. The molecule has 2 aliphatic rings. The van der Waals surface area contributed by atoms with E-state index in [-0.39, 0.29) is 0 Å². The van der Waals surface area contributed by atoms with Crippen molar-refractivity contribution < 1.29 is 4.79 Å². The summed E-state index contributed by atoms with van der Waals surface area (Å²) in [5.74, 6) is 1.37. The molecule has 0 unspecified atom stereocenters. The highest BCUT2D eigenvalue weighted by atomic mass is 16.2. The number of hydrogen-bond donors (Lipinski definition) is 0. The maximum Gasteiger partial charge on any atom is 0.223 e. The molecule has 2 heteroatoms. The van der Waals surface area contributed by atoms with Crippen LogP contribution in [-0.2, 0) is 4.79 Å². The molecule has 1 aromatic carbocycles. The van der Waals surface area contributed by atoms with Crippen molar-refractivity contribution in [1.82, 2.24) is 4.90 Å². The van der Waals surface area contributed by atoms with Crippen LogP contribution in [-0.4, -0.2) is 17.4 Å². The first-order valence-corrected chi connectivity index (χ1v) is 7.27. The van der Waals surface area contributed by atoms with E-state index in [0.717, 1.165) is 19.4 Å². The van der Waals surface area contributed by atoms with E-state index in [1.54, 1.807) is 0 Å². The zero-order valence-electron chi connectivity index (χ0n) is 11.5. The van der Waals surface area contributed by atoms with E-state index in [4.69, 9.17) is 0 Å². The molecule has 0 saturated carbocycles. The Hall–Kier alpha value is -1.57. The van der Waals surface area contributed by atoms with Gasteiger partial charge in [0.25, 0.3) is 0 Å². The highest BCUT2D eigenvalue weighted by Crippen LogP contribution is 2.39. The molecule has 100 valence electrons. The summed E-state index contributed by atoms with van der Waals surface area (Å²) in [4.78, 5) is 14.5. The molecule has 1 heterocycles. The molecule has 0 radical (unpaired) electrons. The van der Waals surface area contributed by atoms with Gasteiger partial charge in [-0.1, -0.05) is 49.4 Å². The number of allylic oxidation sites excluding steroid dienone is 2. The van der Waals surface area contributed by atoms with Crippen LogP contribution in [0.4, 0.5) is 0 Å². The van der Waals surface area contributed by atoms with Gasteiger partial charge in [-0.3, -0.25) is 4.79 Å². The molecule has 1 aromatic rings. The fourth-order valence-corrected chi connectivity index (χ4v) is 3.32. The van der Waals surface area contributed by atoms with Gasteiger partial charge < -0.3 is 4.90 Å². The Kier molecular flexibility index (Phi) is 3.41. The lowest BCUT2D eigenvalue weighted by Crippen LogP contribution is -2.51. The number of hydrogen-bond acceptors (Lipinski definition) is 1. The minimum atomic E-state index is 0.291. The topological polar surface area (TPSA) is 20.3 Å². The summed E-state index contributed by atoms with van der Waals surface area (Å²) in [5.41, 5.74) is 1.27.